The van der Waals surface area contributed by atoms with Crippen molar-refractivity contribution in [3.05, 3.63) is 12.2 Å². The molecular weight excluding hydrogens is 536 g/mol. The number of imidazole rings is 1. The minimum atomic E-state index is -1.41. The van der Waals surface area contributed by atoms with Gasteiger partial charge < -0.3 is 40.5 Å². The molecule has 3 aliphatic rings. The zero-order valence-electron chi connectivity index (χ0n) is 23.3. The summed E-state index contributed by atoms with van der Waals surface area (Å²) in [4.78, 5) is 52.9. The van der Waals surface area contributed by atoms with E-state index in [-0.39, 0.29) is 30.3 Å². The molecular formula is C26H38N8O7. The number of carbonyl (C=O) groups excluding carboxylic acids is 3. The van der Waals surface area contributed by atoms with Crippen molar-refractivity contribution in [3.8, 4) is 0 Å². The molecule has 3 aliphatic heterocycles. The lowest BCUT2D eigenvalue weighted by atomic mass is 9.91. The third-order valence-corrected chi connectivity index (χ3v) is 8.13. The summed E-state index contributed by atoms with van der Waals surface area (Å²) < 4.78 is 12.5. The second-order valence-electron chi connectivity index (χ2n) is 11.0. The Kier molecular flexibility index (Phi) is 8.56. The van der Waals surface area contributed by atoms with Gasteiger partial charge >= 0.3 is 6.09 Å². The molecule has 15 nitrogen and oxygen atoms in total. The van der Waals surface area contributed by atoms with Crippen LogP contribution in [0.3, 0.4) is 0 Å². The number of rotatable bonds is 9. The lowest BCUT2D eigenvalue weighted by Gasteiger charge is -2.36. The number of hydrogen-bond acceptors (Lipinski definition) is 11. The quantitative estimate of drug-likeness (QED) is 0.280. The van der Waals surface area contributed by atoms with Crippen LogP contribution >= 0.6 is 0 Å². The van der Waals surface area contributed by atoms with Crippen LogP contribution in [-0.2, 0) is 25.5 Å². The van der Waals surface area contributed by atoms with Crippen LogP contribution < -0.4 is 11.1 Å². The Labute approximate surface area is 237 Å². The van der Waals surface area contributed by atoms with Gasteiger partial charge in [0, 0.05) is 39.6 Å². The first-order chi connectivity index (χ1) is 19.7. The Hall–Kier alpha value is -3.56. The zero-order valence-corrected chi connectivity index (χ0v) is 23.3. The van der Waals surface area contributed by atoms with Gasteiger partial charge in [-0.05, 0) is 38.5 Å². The molecule has 41 heavy (non-hydrogen) atoms. The molecule has 0 radical (unpaired) electrons. The number of aliphatic hydroxyl groups is 2. The number of aromatic nitrogens is 4. The van der Waals surface area contributed by atoms with Gasteiger partial charge in [0.15, 0.2) is 23.8 Å². The smallest absolute Gasteiger partial charge is 0.409 e. The molecule has 0 spiro atoms. The van der Waals surface area contributed by atoms with E-state index < -0.39 is 30.4 Å². The number of nitrogen functional groups attached to an aromatic ring is 1. The van der Waals surface area contributed by atoms with Crippen molar-refractivity contribution in [2.45, 2.75) is 63.6 Å². The third-order valence-electron chi connectivity index (χ3n) is 8.13. The molecule has 0 aliphatic carbocycles. The van der Waals surface area contributed by atoms with Crippen LogP contribution in [0.4, 0.5) is 10.6 Å². The number of nitrogens with two attached hydrogens (primary N) is 1. The highest BCUT2D eigenvalue weighted by Gasteiger charge is 2.47. The molecule has 0 saturated carbocycles. The molecule has 5 rings (SSSR count). The second kappa shape index (κ2) is 12.1. The monoisotopic (exact) mass is 574 g/mol. The van der Waals surface area contributed by atoms with Crippen molar-refractivity contribution < 1.29 is 34.1 Å². The van der Waals surface area contributed by atoms with E-state index in [1.165, 1.54) is 10.9 Å². The van der Waals surface area contributed by atoms with E-state index in [0.717, 1.165) is 25.7 Å². The molecule has 224 valence electrons. The first kappa shape index (κ1) is 29.0. The number of β-lactam (4-membered cyclic amide) rings is 1. The summed E-state index contributed by atoms with van der Waals surface area (Å²) >= 11 is 0. The number of likely N-dealkylation sites (N-methyl/N-ethyl adjacent to an activating group) is 1. The lowest BCUT2D eigenvalue weighted by Crippen LogP contribution is -2.52. The summed E-state index contributed by atoms with van der Waals surface area (Å²) in [6.45, 7) is 4.10. The van der Waals surface area contributed by atoms with Crippen LogP contribution in [0, 0.1) is 11.8 Å². The van der Waals surface area contributed by atoms with Crippen molar-refractivity contribution in [3.63, 3.8) is 0 Å². The van der Waals surface area contributed by atoms with Crippen molar-refractivity contribution in [1.29, 1.82) is 0 Å². The molecule has 5 N–H and O–H groups in total. The first-order valence-corrected chi connectivity index (χ1v) is 14.1. The average molecular weight is 575 g/mol. The Morgan fingerprint density at radius 2 is 1.98 bits per heavy atom. The Bertz CT molecular complexity index is 1280. The van der Waals surface area contributed by atoms with Gasteiger partial charge in [0.1, 0.15) is 30.2 Å². The standard InChI is InChI=1S/C26H38N8O7/c1-3-28-23(37)20-18(35)19(36)25(41-20)34-13-29-17-21(27)30-16(31-22(17)34)6-4-5-14-7-9-33(10-8-14)26(39)40-12-15-11-32(2)24(15)38/h13-15,18-20,25,35-36H,3-12H2,1-2H3,(H,28,37)(H2,27,30,31)/t15?,18-,19?,20+,25-/m1/s1. The van der Waals surface area contributed by atoms with Crippen molar-refractivity contribution in [1.82, 2.24) is 34.6 Å². The first-order valence-electron chi connectivity index (χ1n) is 14.1. The van der Waals surface area contributed by atoms with Gasteiger partial charge in [-0.25, -0.2) is 19.7 Å². The summed E-state index contributed by atoms with van der Waals surface area (Å²) in [6.07, 6.45) is -0.0102. The summed E-state index contributed by atoms with van der Waals surface area (Å²) in [5, 5.41) is 23.6. The van der Waals surface area contributed by atoms with Crippen molar-refractivity contribution in [2.75, 3.05) is 45.6 Å². The highest BCUT2D eigenvalue weighted by atomic mass is 16.6. The predicted octanol–water partition coefficient (Wildman–Crippen LogP) is -0.577. The van der Waals surface area contributed by atoms with Gasteiger partial charge in [-0.2, -0.15) is 0 Å². The van der Waals surface area contributed by atoms with Gasteiger partial charge in [0.2, 0.25) is 5.91 Å². The third kappa shape index (κ3) is 5.92. The molecule has 5 atom stereocenters. The highest BCUT2D eigenvalue weighted by Crippen LogP contribution is 2.32. The number of anilines is 1. The molecule has 2 unspecified atom stereocenters. The molecule has 2 aromatic heterocycles. The fourth-order valence-corrected chi connectivity index (χ4v) is 5.70. The normalized spacial score (nSPS) is 26.8. The van der Waals surface area contributed by atoms with E-state index in [1.807, 2.05) is 0 Å². The summed E-state index contributed by atoms with van der Waals surface area (Å²) in [7, 11) is 1.73. The number of fused-ring (bicyclic) bond motifs is 1. The maximum atomic E-state index is 12.4. The number of nitrogens with zero attached hydrogens (tertiary/aromatic N) is 6. The lowest BCUT2D eigenvalue weighted by molar-refractivity contribution is -0.147. The second-order valence-corrected chi connectivity index (χ2v) is 11.0. The number of aliphatic hydroxyl groups excluding tert-OH is 2. The van der Waals surface area contributed by atoms with Crippen LogP contribution in [0.15, 0.2) is 6.33 Å². The van der Waals surface area contributed by atoms with Crippen LogP contribution in [-0.4, -0.2) is 116 Å². The topological polar surface area (TPSA) is 198 Å². The maximum absolute atomic E-state index is 12.4. The van der Waals surface area contributed by atoms with Crippen LogP contribution in [0.5, 0.6) is 0 Å². The predicted molar refractivity (Wildman–Crippen MR) is 144 cm³/mol. The Balaban J connectivity index is 1.13. The van der Waals surface area contributed by atoms with E-state index in [2.05, 4.69) is 20.3 Å². The SMILES string of the molecule is CCNC(=O)[C@H]1O[C@@H](n2cnc3c(N)nc(CCCC4CCN(C(=O)OCC5CN(C)C5=O)CC4)nc32)C(O)[C@H]1O. The summed E-state index contributed by atoms with van der Waals surface area (Å²) in [6, 6.07) is 0. The van der Waals surface area contributed by atoms with E-state index >= 15 is 0 Å². The molecule has 0 aromatic carbocycles. The fraction of sp³-hybridized carbons (Fsp3) is 0.692. The summed E-state index contributed by atoms with van der Waals surface area (Å²) in [5.74, 6) is 0.437. The summed E-state index contributed by atoms with van der Waals surface area (Å²) in [5.41, 5.74) is 6.85. The fourth-order valence-electron chi connectivity index (χ4n) is 5.70. The maximum Gasteiger partial charge on any atom is 0.409 e. The molecule has 5 heterocycles. The van der Waals surface area contributed by atoms with Crippen molar-refractivity contribution in [2.24, 2.45) is 11.8 Å². The van der Waals surface area contributed by atoms with Gasteiger partial charge in [-0.15, -0.1) is 0 Å². The molecule has 3 amide bonds. The minimum Gasteiger partial charge on any atom is -0.448 e. The number of nitrogens with one attached hydrogen (secondary N) is 1. The molecule has 3 saturated heterocycles. The van der Waals surface area contributed by atoms with E-state index in [4.69, 9.17) is 15.2 Å². The number of ether oxygens (including phenoxy) is 2. The highest BCUT2D eigenvalue weighted by molar-refractivity contribution is 5.85. The van der Waals surface area contributed by atoms with Gasteiger partial charge in [-0.3, -0.25) is 14.2 Å². The molecule has 15 heteroatoms. The largest absolute Gasteiger partial charge is 0.448 e. The van der Waals surface area contributed by atoms with Crippen LogP contribution in [0.25, 0.3) is 11.2 Å². The van der Waals surface area contributed by atoms with E-state index in [9.17, 15) is 24.6 Å². The number of aryl methyl sites for hydroxylation is 1. The van der Waals surface area contributed by atoms with Crippen LogP contribution in [0.1, 0.15) is 44.7 Å². The molecule has 3 fully saturated rings. The Morgan fingerprint density at radius 1 is 1.22 bits per heavy atom. The zero-order chi connectivity index (χ0) is 29.3. The number of hydrogen-bond donors (Lipinski definition) is 4. The number of piperidine rings is 1. The van der Waals surface area contributed by atoms with Gasteiger partial charge in [-0.1, -0.05) is 0 Å². The van der Waals surface area contributed by atoms with Crippen LogP contribution in [0.2, 0.25) is 0 Å². The van der Waals surface area contributed by atoms with E-state index in [0.29, 0.717) is 55.5 Å². The van der Waals surface area contributed by atoms with Crippen molar-refractivity contribution >= 4 is 34.9 Å². The molecule has 0 bridgehead atoms. The molecule has 2 aromatic rings. The van der Waals surface area contributed by atoms with Gasteiger partial charge in [0.25, 0.3) is 5.91 Å². The number of carbonyl (C=O) groups is 3. The Morgan fingerprint density at radius 3 is 2.66 bits per heavy atom. The van der Waals surface area contributed by atoms with Gasteiger partial charge in [0.05, 0.1) is 12.2 Å². The van der Waals surface area contributed by atoms with E-state index in [1.54, 1.807) is 23.8 Å². The average Bonchev–Trinajstić information content (AvgIpc) is 3.51. The number of amides is 3. The minimum absolute atomic E-state index is 0.0131. The number of likely N-dealkylation sites (tertiary alicyclic amines) is 2.